The summed E-state index contributed by atoms with van der Waals surface area (Å²) < 4.78 is 22.8. The van der Waals surface area contributed by atoms with Crippen molar-refractivity contribution in [3.05, 3.63) is 48.2 Å². The van der Waals surface area contributed by atoms with Crippen LogP contribution in [0, 0.1) is 0 Å². The molecule has 1 aromatic rings. The Labute approximate surface area is 178 Å². The minimum atomic E-state index is -0.0460. The number of unbranched alkanes of at least 4 members (excludes halogenated alkanes) is 6. The molecule has 4 nitrogen and oxygen atoms in total. The van der Waals surface area contributed by atoms with Crippen LogP contribution in [0.5, 0.6) is 0 Å². The minimum Gasteiger partial charge on any atom is -0.475 e. The number of benzene rings is 1. The predicted octanol–water partition coefficient (Wildman–Crippen LogP) is 6.99. The fraction of sp³-hybridized carbons (Fsp3) is 0.680. The second-order valence-corrected chi connectivity index (χ2v) is 7.36. The maximum Gasteiger partial charge on any atom is 0.188 e. The summed E-state index contributed by atoms with van der Waals surface area (Å²) in [4.78, 5) is 0. The molecule has 0 saturated heterocycles. The first-order chi connectivity index (χ1) is 14.4. The fourth-order valence-electron chi connectivity index (χ4n) is 2.88. The molecule has 0 N–H and O–H groups in total. The normalized spacial score (nSPS) is 11.6. The van der Waals surface area contributed by atoms with Gasteiger partial charge in [0, 0.05) is 13.2 Å². The maximum absolute atomic E-state index is 5.95. The van der Waals surface area contributed by atoms with E-state index in [1.165, 1.54) is 25.7 Å². The number of hydrogen-bond donors (Lipinski definition) is 0. The van der Waals surface area contributed by atoms with Crippen LogP contribution in [0.15, 0.2) is 42.7 Å². The summed E-state index contributed by atoms with van der Waals surface area (Å²) in [6.45, 7) is 6.90. The molecule has 0 spiro atoms. The Balaban J connectivity index is 2.03. The molecule has 0 saturated carbocycles. The van der Waals surface area contributed by atoms with Crippen LogP contribution in [-0.4, -0.2) is 26.3 Å². The average molecular weight is 407 g/mol. The van der Waals surface area contributed by atoms with Gasteiger partial charge in [0.25, 0.3) is 0 Å². The highest BCUT2D eigenvalue weighted by Crippen LogP contribution is 2.11. The van der Waals surface area contributed by atoms with Crippen molar-refractivity contribution in [2.75, 3.05) is 20.0 Å². The predicted molar refractivity (Wildman–Crippen MR) is 120 cm³/mol. The van der Waals surface area contributed by atoms with Gasteiger partial charge >= 0.3 is 0 Å². The SMILES string of the molecule is CCCCCOC(CCCCC=COCOCc1ccccc1)OCCCCC. The van der Waals surface area contributed by atoms with Gasteiger partial charge in [-0.2, -0.15) is 0 Å². The van der Waals surface area contributed by atoms with Crippen molar-refractivity contribution in [2.45, 2.75) is 91.0 Å². The van der Waals surface area contributed by atoms with Gasteiger partial charge < -0.3 is 18.9 Å². The van der Waals surface area contributed by atoms with E-state index in [1.54, 1.807) is 6.26 Å². The van der Waals surface area contributed by atoms with Crippen molar-refractivity contribution >= 4 is 0 Å². The number of hydrogen-bond acceptors (Lipinski definition) is 4. The molecule has 1 rings (SSSR count). The number of rotatable bonds is 20. The molecule has 0 atom stereocenters. The van der Waals surface area contributed by atoms with Gasteiger partial charge in [0.2, 0.25) is 0 Å². The van der Waals surface area contributed by atoms with Crippen LogP contribution in [0.2, 0.25) is 0 Å². The third kappa shape index (κ3) is 16.2. The summed E-state index contributed by atoms with van der Waals surface area (Å²) in [5, 5.41) is 0. The summed E-state index contributed by atoms with van der Waals surface area (Å²) in [6.07, 6.45) is 15.1. The molecule has 0 aromatic heterocycles. The Morgan fingerprint density at radius 3 is 2.17 bits per heavy atom. The monoisotopic (exact) mass is 406 g/mol. The van der Waals surface area contributed by atoms with Crippen molar-refractivity contribution in [1.82, 2.24) is 0 Å². The zero-order valence-electron chi connectivity index (χ0n) is 18.7. The summed E-state index contributed by atoms with van der Waals surface area (Å²) in [6, 6.07) is 10.1. The van der Waals surface area contributed by atoms with Crippen molar-refractivity contribution < 1.29 is 18.9 Å². The van der Waals surface area contributed by atoms with Gasteiger partial charge in [-0.1, -0.05) is 69.9 Å². The average Bonchev–Trinajstić information content (AvgIpc) is 2.75. The van der Waals surface area contributed by atoms with E-state index in [1.807, 2.05) is 30.3 Å². The summed E-state index contributed by atoms with van der Waals surface area (Å²) in [5.41, 5.74) is 1.16. The van der Waals surface area contributed by atoms with E-state index in [2.05, 4.69) is 19.9 Å². The fourth-order valence-corrected chi connectivity index (χ4v) is 2.88. The summed E-state index contributed by atoms with van der Waals surface area (Å²) in [5.74, 6) is 0. The van der Waals surface area contributed by atoms with Crippen LogP contribution >= 0.6 is 0 Å². The molecule has 0 amide bonds. The molecule has 0 bridgehead atoms. The highest BCUT2D eigenvalue weighted by atomic mass is 16.7. The van der Waals surface area contributed by atoms with Crippen molar-refractivity contribution in [3.8, 4) is 0 Å². The highest BCUT2D eigenvalue weighted by Gasteiger charge is 2.08. The first-order valence-corrected chi connectivity index (χ1v) is 11.5. The molecule has 29 heavy (non-hydrogen) atoms. The van der Waals surface area contributed by atoms with E-state index in [4.69, 9.17) is 18.9 Å². The van der Waals surface area contributed by atoms with Crippen LogP contribution in [0.1, 0.15) is 83.6 Å². The molecule has 1 aromatic carbocycles. The minimum absolute atomic E-state index is 0.0460. The molecule has 0 heterocycles. The molecule has 0 fully saturated rings. The standard InChI is InChI=1S/C25H42O4/c1-3-5-13-20-28-25(29-21-14-6-4-2)18-12-7-8-15-19-26-23-27-22-24-16-10-9-11-17-24/h9-11,15-17,19,25H,3-8,12-14,18,20-23H2,1-2H3. The van der Waals surface area contributed by atoms with Crippen molar-refractivity contribution in [1.29, 1.82) is 0 Å². The van der Waals surface area contributed by atoms with E-state index in [9.17, 15) is 0 Å². The smallest absolute Gasteiger partial charge is 0.188 e. The topological polar surface area (TPSA) is 36.9 Å². The first-order valence-electron chi connectivity index (χ1n) is 11.5. The Hall–Kier alpha value is -1.36. The van der Waals surface area contributed by atoms with Gasteiger partial charge in [-0.25, -0.2) is 0 Å². The molecule has 166 valence electrons. The maximum atomic E-state index is 5.95. The quantitative estimate of drug-likeness (QED) is 0.133. The van der Waals surface area contributed by atoms with Gasteiger partial charge in [-0.05, 0) is 50.2 Å². The van der Waals surface area contributed by atoms with Gasteiger partial charge in [0.15, 0.2) is 13.1 Å². The van der Waals surface area contributed by atoms with Crippen LogP contribution < -0.4 is 0 Å². The van der Waals surface area contributed by atoms with Crippen LogP contribution in [0.3, 0.4) is 0 Å². The van der Waals surface area contributed by atoms with E-state index in [0.29, 0.717) is 6.61 Å². The van der Waals surface area contributed by atoms with E-state index >= 15 is 0 Å². The zero-order valence-corrected chi connectivity index (χ0v) is 18.7. The second kappa shape index (κ2) is 19.9. The van der Waals surface area contributed by atoms with Crippen molar-refractivity contribution in [2.24, 2.45) is 0 Å². The Morgan fingerprint density at radius 1 is 0.828 bits per heavy atom. The third-order valence-corrected chi connectivity index (χ3v) is 4.62. The molecule has 4 heteroatoms. The lowest BCUT2D eigenvalue weighted by Gasteiger charge is -2.18. The first kappa shape index (κ1) is 25.7. The lowest BCUT2D eigenvalue weighted by atomic mass is 10.2. The molecule has 0 unspecified atom stereocenters. The molecule has 0 aliphatic carbocycles. The van der Waals surface area contributed by atoms with Crippen LogP contribution in [0.4, 0.5) is 0 Å². The van der Waals surface area contributed by atoms with E-state index in [-0.39, 0.29) is 13.1 Å². The Bertz CT molecular complexity index is 463. The number of ether oxygens (including phenoxy) is 4. The van der Waals surface area contributed by atoms with Gasteiger partial charge in [-0.3, -0.25) is 0 Å². The molecule has 0 aliphatic rings. The third-order valence-electron chi connectivity index (χ3n) is 4.62. The van der Waals surface area contributed by atoms with E-state index < -0.39 is 0 Å². The Morgan fingerprint density at radius 2 is 1.52 bits per heavy atom. The summed E-state index contributed by atoms with van der Waals surface area (Å²) >= 11 is 0. The van der Waals surface area contributed by atoms with Crippen LogP contribution in [-0.2, 0) is 25.6 Å². The second-order valence-electron chi connectivity index (χ2n) is 7.36. The van der Waals surface area contributed by atoms with Gasteiger partial charge in [0.05, 0.1) is 12.9 Å². The zero-order chi connectivity index (χ0) is 20.8. The Kier molecular flexibility index (Phi) is 17.7. The van der Waals surface area contributed by atoms with E-state index in [0.717, 1.165) is 57.3 Å². The van der Waals surface area contributed by atoms with Gasteiger partial charge in [-0.15, -0.1) is 0 Å². The molecule has 0 radical (unpaired) electrons. The van der Waals surface area contributed by atoms with Crippen LogP contribution in [0.25, 0.3) is 0 Å². The largest absolute Gasteiger partial charge is 0.475 e. The molecule has 0 aliphatic heterocycles. The van der Waals surface area contributed by atoms with Gasteiger partial charge in [0.1, 0.15) is 0 Å². The summed E-state index contributed by atoms with van der Waals surface area (Å²) in [7, 11) is 0. The molecular weight excluding hydrogens is 364 g/mol. The lowest BCUT2D eigenvalue weighted by Crippen LogP contribution is -2.19. The highest BCUT2D eigenvalue weighted by molar-refractivity contribution is 5.13. The molecular formula is C25H42O4. The number of allylic oxidation sites excluding steroid dienone is 1. The lowest BCUT2D eigenvalue weighted by molar-refractivity contribution is -0.147. The van der Waals surface area contributed by atoms with Crippen molar-refractivity contribution in [3.63, 3.8) is 0 Å².